The Morgan fingerprint density at radius 1 is 0.737 bits per heavy atom. The van der Waals surface area contributed by atoms with Crippen molar-refractivity contribution in [1.29, 1.82) is 0 Å². The summed E-state index contributed by atoms with van der Waals surface area (Å²) >= 11 is -1.52. The van der Waals surface area contributed by atoms with Crippen LogP contribution in [-0.2, 0) is 39.6 Å². The Kier molecular flexibility index (Phi) is 9.68. The van der Waals surface area contributed by atoms with Crippen molar-refractivity contribution in [1.82, 2.24) is 20.6 Å². The second-order valence-electron chi connectivity index (χ2n) is 8.60. The SMILES string of the molecule is CC(=O)NC(Cc1c[nH]c2ccccc12)C(=O)[O][Al][O]C(=O)C(Cc1c[nH]c2ccccc12)NC(C)=O.O. The van der Waals surface area contributed by atoms with Crippen molar-refractivity contribution in [2.24, 2.45) is 0 Å². The predicted molar refractivity (Wildman–Crippen MR) is 141 cm³/mol. The largest absolute Gasteiger partial charge is 0.885 e. The fraction of sp³-hybridized carbons (Fsp3) is 0.231. The smallest absolute Gasteiger partial charge is 0.588 e. The zero-order valence-electron chi connectivity index (χ0n) is 20.9. The van der Waals surface area contributed by atoms with Crippen LogP contribution in [0.3, 0.4) is 0 Å². The number of benzene rings is 2. The Labute approximate surface area is 225 Å². The van der Waals surface area contributed by atoms with Crippen LogP contribution in [0.2, 0.25) is 0 Å². The molecule has 6 N–H and O–H groups in total. The Bertz CT molecular complexity index is 1340. The highest BCUT2D eigenvalue weighted by molar-refractivity contribution is 6.26. The fourth-order valence-corrected chi connectivity index (χ4v) is 4.77. The van der Waals surface area contributed by atoms with Gasteiger partial charge in [0.05, 0.1) is 0 Å². The van der Waals surface area contributed by atoms with Crippen molar-refractivity contribution in [3.05, 3.63) is 72.1 Å². The molecular weight excluding hydrogens is 507 g/mol. The molecule has 0 saturated carbocycles. The first-order chi connectivity index (χ1) is 17.8. The summed E-state index contributed by atoms with van der Waals surface area (Å²) in [5.41, 5.74) is 3.49. The molecule has 2 heterocycles. The first kappa shape index (κ1) is 28.5. The molecule has 0 saturated heterocycles. The van der Waals surface area contributed by atoms with Gasteiger partial charge in [0.25, 0.3) is 11.9 Å². The molecule has 0 aliphatic rings. The van der Waals surface area contributed by atoms with Crippen LogP contribution in [0.1, 0.15) is 25.0 Å². The highest BCUT2D eigenvalue weighted by Crippen LogP contribution is 2.20. The van der Waals surface area contributed by atoms with Crippen molar-refractivity contribution < 1.29 is 32.2 Å². The summed E-state index contributed by atoms with van der Waals surface area (Å²) in [6.07, 6.45) is 3.96. The van der Waals surface area contributed by atoms with E-state index in [4.69, 9.17) is 7.58 Å². The van der Waals surface area contributed by atoms with Crippen LogP contribution in [0.15, 0.2) is 60.9 Å². The summed E-state index contributed by atoms with van der Waals surface area (Å²) in [6.45, 7) is 2.62. The second-order valence-corrected chi connectivity index (χ2v) is 9.27. The molecular formula is C26H28AlN4O7. The highest BCUT2D eigenvalue weighted by Gasteiger charge is 2.28. The maximum atomic E-state index is 12.8. The van der Waals surface area contributed by atoms with Gasteiger partial charge < -0.3 is 33.7 Å². The van der Waals surface area contributed by atoms with Crippen molar-refractivity contribution >= 4 is 61.4 Å². The Balaban J connectivity index is 0.00000400. The third kappa shape index (κ3) is 7.01. The van der Waals surface area contributed by atoms with Gasteiger partial charge in [0, 0.05) is 60.9 Å². The average molecular weight is 536 g/mol. The summed E-state index contributed by atoms with van der Waals surface area (Å²) in [5, 5.41) is 7.06. The van der Waals surface area contributed by atoms with Crippen LogP contribution in [0.5, 0.6) is 0 Å². The summed E-state index contributed by atoms with van der Waals surface area (Å²) in [6, 6.07) is 13.3. The molecule has 4 aromatic rings. The molecule has 0 aliphatic heterocycles. The highest BCUT2D eigenvalue weighted by atomic mass is 27.2. The molecule has 197 valence electrons. The minimum atomic E-state index is -1.52. The van der Waals surface area contributed by atoms with Gasteiger partial charge in [-0.25, -0.2) is 0 Å². The number of hydrogen-bond donors (Lipinski definition) is 4. The van der Waals surface area contributed by atoms with E-state index in [1.54, 1.807) is 12.4 Å². The van der Waals surface area contributed by atoms with E-state index in [0.29, 0.717) is 0 Å². The zero-order chi connectivity index (χ0) is 26.4. The normalized spacial score (nSPS) is 12.2. The Hall–Kier alpha value is -4.11. The molecule has 2 unspecified atom stereocenters. The van der Waals surface area contributed by atoms with Gasteiger partial charge in [0.1, 0.15) is 12.1 Å². The van der Waals surface area contributed by atoms with Gasteiger partial charge in [0.15, 0.2) is 0 Å². The van der Waals surface area contributed by atoms with Crippen molar-refractivity contribution in [2.75, 3.05) is 0 Å². The molecule has 12 heteroatoms. The van der Waals surface area contributed by atoms with Gasteiger partial charge in [0.2, 0.25) is 11.8 Å². The standard InChI is InChI=1S/2C13H14N2O3.Al.H2O/c2*1-8(16)15-12(13(17)18)6-9-7-14-11-5-3-2-4-10(9)11;;/h2*2-5,7,12,14H,6H2,1H3,(H,15,16)(H,17,18);;1H2/q;;+2;/p-2. The minimum Gasteiger partial charge on any atom is -0.588 e. The van der Waals surface area contributed by atoms with E-state index in [2.05, 4.69) is 20.6 Å². The van der Waals surface area contributed by atoms with E-state index < -0.39 is 51.7 Å². The number of hydrogen-bond acceptors (Lipinski definition) is 6. The van der Waals surface area contributed by atoms with Crippen molar-refractivity contribution in [3.8, 4) is 0 Å². The molecule has 0 fully saturated rings. The molecule has 4 rings (SSSR count). The number of aromatic nitrogens is 2. The summed E-state index contributed by atoms with van der Waals surface area (Å²) in [4.78, 5) is 55.3. The van der Waals surface area contributed by atoms with Crippen LogP contribution < -0.4 is 10.6 Å². The average Bonchev–Trinajstić information content (AvgIpc) is 3.47. The molecule has 38 heavy (non-hydrogen) atoms. The van der Waals surface area contributed by atoms with Gasteiger partial charge in [-0.15, -0.1) is 0 Å². The van der Waals surface area contributed by atoms with Crippen LogP contribution in [0.4, 0.5) is 0 Å². The Morgan fingerprint density at radius 3 is 1.53 bits per heavy atom. The summed E-state index contributed by atoms with van der Waals surface area (Å²) in [7, 11) is 0. The van der Waals surface area contributed by atoms with Crippen molar-refractivity contribution in [2.45, 2.75) is 38.8 Å². The summed E-state index contributed by atoms with van der Waals surface area (Å²) in [5.74, 6) is -2.21. The van der Waals surface area contributed by atoms with Gasteiger partial charge in [-0.3, -0.25) is 19.2 Å². The van der Waals surface area contributed by atoms with Crippen LogP contribution >= 0.6 is 0 Å². The number of carbonyl (C=O) groups is 4. The van der Waals surface area contributed by atoms with Gasteiger partial charge in [-0.2, -0.15) is 0 Å². The number of amides is 2. The van der Waals surface area contributed by atoms with E-state index in [1.807, 2.05) is 48.5 Å². The van der Waals surface area contributed by atoms with E-state index >= 15 is 0 Å². The number of rotatable bonds is 10. The monoisotopic (exact) mass is 535 g/mol. The third-order valence-corrected chi connectivity index (χ3v) is 6.51. The molecule has 2 amide bonds. The van der Waals surface area contributed by atoms with E-state index in [9.17, 15) is 19.2 Å². The maximum absolute atomic E-state index is 12.8. The number of para-hydroxylation sites is 2. The maximum Gasteiger partial charge on any atom is 0.885 e. The summed E-state index contributed by atoms with van der Waals surface area (Å²) < 4.78 is 10.5. The van der Waals surface area contributed by atoms with Gasteiger partial charge >= 0.3 is 15.9 Å². The number of fused-ring (bicyclic) bond motifs is 2. The zero-order valence-corrected chi connectivity index (χ0v) is 22.0. The van der Waals surface area contributed by atoms with Gasteiger partial charge in [-0.05, 0) is 23.3 Å². The molecule has 0 aliphatic carbocycles. The van der Waals surface area contributed by atoms with Crippen LogP contribution in [0, 0.1) is 0 Å². The Morgan fingerprint density at radius 2 is 1.13 bits per heavy atom. The van der Waals surface area contributed by atoms with E-state index in [-0.39, 0.29) is 18.3 Å². The number of H-pyrrole nitrogens is 2. The fourth-order valence-electron chi connectivity index (χ4n) is 4.20. The lowest BCUT2D eigenvalue weighted by atomic mass is 10.1. The molecule has 2 aromatic carbocycles. The third-order valence-electron chi connectivity index (χ3n) is 5.85. The lowest BCUT2D eigenvalue weighted by molar-refractivity contribution is -0.144. The molecule has 1 radical (unpaired) electrons. The van der Waals surface area contributed by atoms with Gasteiger partial charge in [-0.1, -0.05) is 36.4 Å². The quantitative estimate of drug-likeness (QED) is 0.222. The van der Waals surface area contributed by atoms with E-state index in [1.165, 1.54) is 13.8 Å². The van der Waals surface area contributed by atoms with Crippen LogP contribution in [0.25, 0.3) is 21.8 Å². The van der Waals surface area contributed by atoms with Crippen LogP contribution in [-0.4, -0.2) is 67.2 Å². The lowest BCUT2D eigenvalue weighted by Crippen LogP contribution is -2.45. The molecule has 2 atom stereocenters. The van der Waals surface area contributed by atoms with E-state index in [0.717, 1.165) is 32.9 Å². The topological polar surface area (TPSA) is 174 Å². The predicted octanol–water partition coefficient (Wildman–Crippen LogP) is 1.24. The number of carbonyl (C=O) groups excluding carboxylic acids is 4. The molecule has 11 nitrogen and oxygen atoms in total. The lowest BCUT2D eigenvalue weighted by Gasteiger charge is -2.19. The van der Waals surface area contributed by atoms with Crippen molar-refractivity contribution in [3.63, 3.8) is 0 Å². The molecule has 0 spiro atoms. The number of nitrogens with one attached hydrogen (secondary N) is 4. The minimum absolute atomic E-state index is 0. The molecule has 0 bridgehead atoms. The second kappa shape index (κ2) is 12.9. The first-order valence-corrected chi connectivity index (χ1v) is 12.6. The number of aromatic amines is 2. The first-order valence-electron chi connectivity index (χ1n) is 11.7. The molecule has 2 aromatic heterocycles.